The first-order chi connectivity index (χ1) is 5.70. The fourth-order valence-corrected chi connectivity index (χ4v) is 1.44. The van der Waals surface area contributed by atoms with Gasteiger partial charge in [0.05, 0.1) is 12.2 Å². The predicted molar refractivity (Wildman–Crippen MR) is 49.2 cm³/mol. The van der Waals surface area contributed by atoms with Gasteiger partial charge in [-0.05, 0) is 25.0 Å². The first-order valence-corrected chi connectivity index (χ1v) is 4.38. The summed E-state index contributed by atoms with van der Waals surface area (Å²) in [5, 5.41) is 0. The lowest BCUT2D eigenvalue weighted by atomic mass is 9.98. The molecule has 1 aromatic rings. The molecule has 0 radical (unpaired) electrons. The summed E-state index contributed by atoms with van der Waals surface area (Å²) in [5.74, 6) is 0. The van der Waals surface area contributed by atoms with Crippen LogP contribution < -0.4 is 0 Å². The molecule has 1 unspecified atom stereocenters. The summed E-state index contributed by atoms with van der Waals surface area (Å²) in [7, 11) is 0. The zero-order valence-electron chi connectivity index (χ0n) is 7.63. The largest absolute Gasteiger partial charge is 0.370 e. The van der Waals surface area contributed by atoms with Gasteiger partial charge in [0.25, 0.3) is 0 Å². The predicted octanol–water partition coefficient (Wildman–Crippen LogP) is 2.33. The third-order valence-corrected chi connectivity index (χ3v) is 2.46. The minimum atomic E-state index is 0.145. The van der Waals surface area contributed by atoms with Crippen LogP contribution in [-0.4, -0.2) is 12.2 Å². The lowest BCUT2D eigenvalue weighted by molar-refractivity contribution is 0.322. The van der Waals surface area contributed by atoms with Crippen LogP contribution in [0, 0.1) is 6.92 Å². The van der Waals surface area contributed by atoms with E-state index in [4.69, 9.17) is 4.74 Å². The van der Waals surface area contributed by atoms with Crippen LogP contribution in [0.3, 0.4) is 0 Å². The Bertz CT molecular complexity index is 287. The van der Waals surface area contributed by atoms with E-state index in [-0.39, 0.29) is 5.60 Å². The van der Waals surface area contributed by atoms with Crippen LogP contribution in [-0.2, 0) is 11.2 Å². The van der Waals surface area contributed by atoms with Gasteiger partial charge in [0.15, 0.2) is 0 Å². The van der Waals surface area contributed by atoms with Gasteiger partial charge >= 0.3 is 0 Å². The third kappa shape index (κ3) is 1.51. The van der Waals surface area contributed by atoms with Gasteiger partial charge in [-0.15, -0.1) is 0 Å². The van der Waals surface area contributed by atoms with Gasteiger partial charge in [-0.25, -0.2) is 0 Å². The number of epoxide rings is 1. The van der Waals surface area contributed by atoms with E-state index in [0.29, 0.717) is 0 Å². The summed E-state index contributed by atoms with van der Waals surface area (Å²) < 4.78 is 5.35. The zero-order valence-corrected chi connectivity index (χ0v) is 7.63. The third-order valence-electron chi connectivity index (χ3n) is 2.46. The molecule has 12 heavy (non-hydrogen) atoms. The highest BCUT2D eigenvalue weighted by Crippen LogP contribution is 2.30. The number of aryl methyl sites for hydroxylation is 1. The molecule has 1 aliphatic rings. The molecule has 1 saturated heterocycles. The minimum Gasteiger partial charge on any atom is -0.370 e. The van der Waals surface area contributed by atoms with Crippen molar-refractivity contribution in [3.05, 3.63) is 35.4 Å². The van der Waals surface area contributed by atoms with Gasteiger partial charge in [0.1, 0.15) is 0 Å². The van der Waals surface area contributed by atoms with E-state index in [1.165, 1.54) is 11.1 Å². The first-order valence-electron chi connectivity index (χ1n) is 4.38. The highest BCUT2D eigenvalue weighted by Gasteiger charge is 2.39. The van der Waals surface area contributed by atoms with Gasteiger partial charge in [0, 0.05) is 6.42 Å². The van der Waals surface area contributed by atoms with Crippen molar-refractivity contribution in [3.63, 3.8) is 0 Å². The molecule has 0 saturated carbocycles. The molecule has 0 aliphatic carbocycles. The lowest BCUT2D eigenvalue weighted by Crippen LogP contribution is -2.09. The molecule has 1 aromatic carbocycles. The summed E-state index contributed by atoms with van der Waals surface area (Å²) in [4.78, 5) is 0. The van der Waals surface area contributed by atoms with Gasteiger partial charge < -0.3 is 4.74 Å². The van der Waals surface area contributed by atoms with Crippen molar-refractivity contribution in [3.8, 4) is 0 Å². The monoisotopic (exact) mass is 162 g/mol. The van der Waals surface area contributed by atoms with Crippen LogP contribution in [0.1, 0.15) is 18.1 Å². The molecule has 1 fully saturated rings. The molecule has 1 aliphatic heterocycles. The second-order valence-electron chi connectivity index (χ2n) is 3.84. The van der Waals surface area contributed by atoms with E-state index >= 15 is 0 Å². The summed E-state index contributed by atoms with van der Waals surface area (Å²) >= 11 is 0. The Morgan fingerprint density at radius 1 is 1.42 bits per heavy atom. The Balaban J connectivity index is 2.17. The van der Waals surface area contributed by atoms with Crippen molar-refractivity contribution in [2.75, 3.05) is 6.61 Å². The fourth-order valence-electron chi connectivity index (χ4n) is 1.44. The van der Waals surface area contributed by atoms with E-state index in [9.17, 15) is 0 Å². The smallest absolute Gasteiger partial charge is 0.0928 e. The van der Waals surface area contributed by atoms with Crippen LogP contribution in [0.2, 0.25) is 0 Å². The van der Waals surface area contributed by atoms with E-state index in [2.05, 4.69) is 38.1 Å². The van der Waals surface area contributed by atoms with Crippen molar-refractivity contribution in [2.24, 2.45) is 0 Å². The van der Waals surface area contributed by atoms with E-state index in [0.717, 1.165) is 13.0 Å². The Hall–Kier alpha value is -0.820. The molecule has 0 bridgehead atoms. The number of hydrogen-bond donors (Lipinski definition) is 0. The molecule has 1 nitrogen and oxygen atoms in total. The minimum absolute atomic E-state index is 0.145. The van der Waals surface area contributed by atoms with E-state index in [1.807, 2.05) is 0 Å². The molecule has 0 amide bonds. The molecule has 64 valence electrons. The van der Waals surface area contributed by atoms with Crippen LogP contribution >= 0.6 is 0 Å². The van der Waals surface area contributed by atoms with Crippen molar-refractivity contribution in [2.45, 2.75) is 25.9 Å². The molecule has 2 rings (SSSR count). The maximum Gasteiger partial charge on any atom is 0.0928 e. The molecule has 0 spiro atoms. The van der Waals surface area contributed by atoms with Crippen molar-refractivity contribution < 1.29 is 4.74 Å². The Labute approximate surface area is 73.4 Å². The van der Waals surface area contributed by atoms with Crippen LogP contribution in [0.4, 0.5) is 0 Å². The van der Waals surface area contributed by atoms with Gasteiger partial charge in [-0.3, -0.25) is 0 Å². The maximum absolute atomic E-state index is 5.35. The molecule has 1 atom stereocenters. The number of hydrogen-bond acceptors (Lipinski definition) is 1. The SMILES string of the molecule is Cc1ccccc1CC1(C)CO1. The van der Waals surface area contributed by atoms with Crippen molar-refractivity contribution >= 4 is 0 Å². The van der Waals surface area contributed by atoms with Crippen molar-refractivity contribution in [1.82, 2.24) is 0 Å². The van der Waals surface area contributed by atoms with E-state index < -0.39 is 0 Å². The highest BCUT2D eigenvalue weighted by molar-refractivity contribution is 5.27. The summed E-state index contributed by atoms with van der Waals surface area (Å²) in [6.07, 6.45) is 1.06. The molecule has 1 heterocycles. The average Bonchev–Trinajstić information content (AvgIpc) is 2.74. The number of rotatable bonds is 2. The lowest BCUT2D eigenvalue weighted by Gasteiger charge is -2.07. The average molecular weight is 162 g/mol. The highest BCUT2D eigenvalue weighted by atomic mass is 16.6. The van der Waals surface area contributed by atoms with Crippen LogP contribution in [0.25, 0.3) is 0 Å². The molecule has 0 N–H and O–H groups in total. The Morgan fingerprint density at radius 3 is 2.67 bits per heavy atom. The fraction of sp³-hybridized carbons (Fsp3) is 0.455. The molecular formula is C11H14O. The second kappa shape index (κ2) is 2.60. The van der Waals surface area contributed by atoms with Crippen molar-refractivity contribution in [1.29, 1.82) is 0 Å². The second-order valence-corrected chi connectivity index (χ2v) is 3.84. The zero-order chi connectivity index (χ0) is 8.60. The Kier molecular flexibility index (Phi) is 1.69. The standard InChI is InChI=1S/C11H14O/c1-9-5-3-4-6-10(9)7-11(2)8-12-11/h3-6H,7-8H2,1-2H3. The van der Waals surface area contributed by atoms with Gasteiger partial charge in [-0.2, -0.15) is 0 Å². The molecule has 1 heteroatoms. The maximum atomic E-state index is 5.35. The van der Waals surface area contributed by atoms with Crippen LogP contribution in [0.15, 0.2) is 24.3 Å². The summed E-state index contributed by atoms with van der Waals surface area (Å²) in [5.41, 5.74) is 2.93. The molecular weight excluding hydrogens is 148 g/mol. The van der Waals surface area contributed by atoms with Crippen LogP contribution in [0.5, 0.6) is 0 Å². The Morgan fingerprint density at radius 2 is 2.08 bits per heavy atom. The molecule has 0 aromatic heterocycles. The summed E-state index contributed by atoms with van der Waals surface area (Å²) in [6, 6.07) is 8.51. The number of ether oxygens (including phenoxy) is 1. The first kappa shape index (κ1) is 7.81. The topological polar surface area (TPSA) is 12.5 Å². The van der Waals surface area contributed by atoms with E-state index in [1.54, 1.807) is 0 Å². The van der Waals surface area contributed by atoms with Gasteiger partial charge in [0.2, 0.25) is 0 Å². The quantitative estimate of drug-likeness (QED) is 0.608. The number of benzene rings is 1. The van der Waals surface area contributed by atoms with Gasteiger partial charge in [-0.1, -0.05) is 24.3 Å². The summed E-state index contributed by atoms with van der Waals surface area (Å²) in [6.45, 7) is 5.24. The normalized spacial score (nSPS) is 27.2.